The van der Waals surface area contributed by atoms with Gasteiger partial charge in [0.2, 0.25) is 11.1 Å². The van der Waals surface area contributed by atoms with Crippen molar-refractivity contribution in [2.75, 3.05) is 18.5 Å². The molecule has 0 fully saturated rings. The van der Waals surface area contributed by atoms with Crippen LogP contribution in [0.1, 0.15) is 49.7 Å². The first-order valence-corrected chi connectivity index (χ1v) is 10.1. The summed E-state index contributed by atoms with van der Waals surface area (Å²) in [5, 5.41) is 8.87. The van der Waals surface area contributed by atoms with Crippen molar-refractivity contribution in [2.45, 2.75) is 57.0 Å². The fraction of sp³-hybridized carbons (Fsp3) is 0.526. The van der Waals surface area contributed by atoms with E-state index in [1.807, 2.05) is 16.5 Å². The number of nitrogens with zero attached hydrogens (tertiary/aromatic N) is 4. The summed E-state index contributed by atoms with van der Waals surface area (Å²) in [5.41, 5.74) is 5.79. The van der Waals surface area contributed by atoms with Crippen molar-refractivity contribution >= 4 is 17.7 Å². The molecule has 2 atom stereocenters. The molecule has 0 spiro atoms. The second-order valence-corrected chi connectivity index (χ2v) is 7.86. The largest absolute Gasteiger partial charge is 0.342 e. The number of carbonyl (C=O) groups is 1. The van der Waals surface area contributed by atoms with Gasteiger partial charge in [0.15, 0.2) is 0 Å². The molecule has 2 aromatic rings. The van der Waals surface area contributed by atoms with E-state index in [1.54, 1.807) is 0 Å². The van der Waals surface area contributed by atoms with Crippen molar-refractivity contribution in [1.82, 2.24) is 19.8 Å². The van der Waals surface area contributed by atoms with Gasteiger partial charge in [0.05, 0.1) is 6.04 Å². The van der Waals surface area contributed by atoms with Crippen LogP contribution in [0.2, 0.25) is 0 Å². The topological polar surface area (TPSA) is 63.1 Å². The maximum absolute atomic E-state index is 13.4. The number of fused-ring (bicyclic) bond motifs is 1. The van der Waals surface area contributed by atoms with Gasteiger partial charge in [-0.2, -0.15) is 0 Å². The summed E-state index contributed by atoms with van der Waals surface area (Å²) in [4.78, 5) is 15.3. The average Bonchev–Trinajstić information content (AvgIpc) is 3.01. The standard InChI is InChI=1S/C19H27N5OS/c1-5-11-23(12-6-2)18(25)17-16(15-9-7-13(3)8-10-15)22-24-14(4)20-21-19(24)26-17/h7-10,16-17,22H,5-6,11-12H2,1-4H3. The Labute approximate surface area is 159 Å². The predicted molar refractivity (Wildman–Crippen MR) is 105 cm³/mol. The molecule has 1 aliphatic rings. The van der Waals surface area contributed by atoms with Gasteiger partial charge in [-0.3, -0.25) is 4.79 Å². The lowest BCUT2D eigenvalue weighted by Gasteiger charge is -2.35. The van der Waals surface area contributed by atoms with Gasteiger partial charge < -0.3 is 10.3 Å². The third kappa shape index (κ3) is 3.72. The number of amides is 1. The first kappa shape index (κ1) is 18.8. The number of aryl methyl sites for hydroxylation is 2. The fourth-order valence-corrected chi connectivity index (χ4v) is 4.43. The lowest BCUT2D eigenvalue weighted by Crippen LogP contribution is -2.46. The molecule has 0 aliphatic carbocycles. The third-order valence-electron chi connectivity index (χ3n) is 4.58. The van der Waals surface area contributed by atoms with E-state index in [0.717, 1.165) is 42.5 Å². The van der Waals surface area contributed by atoms with E-state index in [2.05, 4.69) is 60.7 Å². The van der Waals surface area contributed by atoms with Crippen LogP contribution < -0.4 is 5.43 Å². The maximum Gasteiger partial charge on any atom is 0.238 e. The molecule has 2 heterocycles. The summed E-state index contributed by atoms with van der Waals surface area (Å²) in [7, 11) is 0. The van der Waals surface area contributed by atoms with Crippen LogP contribution >= 0.6 is 11.8 Å². The molecule has 1 N–H and O–H groups in total. The van der Waals surface area contributed by atoms with Crippen LogP contribution in [0.4, 0.5) is 0 Å². The molecule has 1 aromatic heterocycles. The van der Waals surface area contributed by atoms with Crippen molar-refractivity contribution in [3.05, 3.63) is 41.2 Å². The van der Waals surface area contributed by atoms with Crippen LogP contribution in [-0.2, 0) is 4.79 Å². The van der Waals surface area contributed by atoms with Gasteiger partial charge in [-0.25, -0.2) is 4.68 Å². The molecule has 26 heavy (non-hydrogen) atoms. The van der Waals surface area contributed by atoms with Gasteiger partial charge in [-0.05, 0) is 32.3 Å². The highest BCUT2D eigenvalue weighted by Gasteiger charge is 2.39. The zero-order chi connectivity index (χ0) is 18.7. The molecule has 1 aromatic carbocycles. The number of benzene rings is 1. The SMILES string of the molecule is CCCN(CCC)C(=O)C1Sc2nnc(C)n2NC1c1ccc(C)cc1. The zero-order valence-electron chi connectivity index (χ0n) is 15.9. The summed E-state index contributed by atoms with van der Waals surface area (Å²) in [6.07, 6.45) is 1.92. The summed E-state index contributed by atoms with van der Waals surface area (Å²) in [5.74, 6) is 0.971. The van der Waals surface area contributed by atoms with Crippen molar-refractivity contribution in [2.24, 2.45) is 0 Å². The van der Waals surface area contributed by atoms with Crippen LogP contribution in [0.3, 0.4) is 0 Å². The van der Waals surface area contributed by atoms with E-state index in [9.17, 15) is 4.79 Å². The number of hydrogen-bond donors (Lipinski definition) is 1. The average molecular weight is 374 g/mol. The predicted octanol–water partition coefficient (Wildman–Crippen LogP) is 3.30. The lowest BCUT2D eigenvalue weighted by atomic mass is 10.0. The Bertz CT molecular complexity index is 752. The Kier molecular flexibility index (Phi) is 5.86. The Morgan fingerprint density at radius 2 is 1.81 bits per heavy atom. The smallest absolute Gasteiger partial charge is 0.238 e. The van der Waals surface area contributed by atoms with Gasteiger partial charge in [-0.15, -0.1) is 10.2 Å². The molecule has 2 unspecified atom stereocenters. The van der Waals surface area contributed by atoms with Gasteiger partial charge in [-0.1, -0.05) is 55.4 Å². The van der Waals surface area contributed by atoms with Crippen molar-refractivity contribution in [3.8, 4) is 0 Å². The van der Waals surface area contributed by atoms with Crippen LogP contribution in [-0.4, -0.2) is 44.0 Å². The van der Waals surface area contributed by atoms with Crippen molar-refractivity contribution < 1.29 is 4.79 Å². The summed E-state index contributed by atoms with van der Waals surface area (Å²) < 4.78 is 1.89. The highest BCUT2D eigenvalue weighted by molar-refractivity contribution is 8.00. The molecule has 3 rings (SSSR count). The van der Waals surface area contributed by atoms with E-state index in [4.69, 9.17) is 0 Å². The number of aromatic nitrogens is 3. The maximum atomic E-state index is 13.4. The Hall–Kier alpha value is -2.02. The fourth-order valence-electron chi connectivity index (χ4n) is 3.22. The van der Waals surface area contributed by atoms with Gasteiger partial charge >= 0.3 is 0 Å². The van der Waals surface area contributed by atoms with Crippen molar-refractivity contribution in [1.29, 1.82) is 0 Å². The highest BCUT2D eigenvalue weighted by Crippen LogP contribution is 2.38. The number of nitrogens with one attached hydrogen (secondary N) is 1. The van der Waals surface area contributed by atoms with E-state index in [-0.39, 0.29) is 17.2 Å². The number of hydrogen-bond acceptors (Lipinski definition) is 5. The molecule has 7 heteroatoms. The Morgan fingerprint density at radius 1 is 1.15 bits per heavy atom. The first-order valence-electron chi connectivity index (χ1n) is 9.25. The molecule has 1 aliphatic heterocycles. The molecule has 0 radical (unpaired) electrons. The zero-order valence-corrected chi connectivity index (χ0v) is 16.7. The van der Waals surface area contributed by atoms with Gasteiger partial charge in [0.25, 0.3) is 0 Å². The van der Waals surface area contributed by atoms with Crippen molar-refractivity contribution in [3.63, 3.8) is 0 Å². The minimum atomic E-state index is -0.257. The summed E-state index contributed by atoms with van der Waals surface area (Å²) in [6.45, 7) is 9.78. The molecular formula is C19H27N5OS. The highest BCUT2D eigenvalue weighted by atomic mass is 32.2. The third-order valence-corrected chi connectivity index (χ3v) is 5.78. The second kappa shape index (κ2) is 8.12. The quantitative estimate of drug-likeness (QED) is 0.842. The normalized spacial score (nSPS) is 18.9. The molecule has 0 saturated heterocycles. The number of carbonyl (C=O) groups excluding carboxylic acids is 1. The summed E-state index contributed by atoms with van der Waals surface area (Å²) in [6, 6.07) is 8.26. The van der Waals surface area contributed by atoms with E-state index >= 15 is 0 Å². The lowest BCUT2D eigenvalue weighted by molar-refractivity contribution is -0.131. The molecule has 6 nitrogen and oxygen atoms in total. The number of thioether (sulfide) groups is 1. The van der Waals surface area contributed by atoms with E-state index < -0.39 is 0 Å². The summed E-state index contributed by atoms with van der Waals surface area (Å²) >= 11 is 1.51. The minimum absolute atomic E-state index is 0.119. The number of rotatable bonds is 6. The Morgan fingerprint density at radius 3 is 2.42 bits per heavy atom. The van der Waals surface area contributed by atoms with Gasteiger partial charge in [0.1, 0.15) is 11.1 Å². The molecular weight excluding hydrogens is 346 g/mol. The van der Waals surface area contributed by atoms with Crippen LogP contribution in [0.5, 0.6) is 0 Å². The molecule has 0 bridgehead atoms. The first-order chi connectivity index (χ1) is 12.5. The van der Waals surface area contributed by atoms with E-state index in [1.165, 1.54) is 17.3 Å². The second-order valence-electron chi connectivity index (χ2n) is 6.75. The van der Waals surface area contributed by atoms with Crippen LogP contribution in [0.15, 0.2) is 29.4 Å². The van der Waals surface area contributed by atoms with Crippen LogP contribution in [0.25, 0.3) is 0 Å². The Balaban J connectivity index is 1.95. The van der Waals surface area contributed by atoms with Crippen LogP contribution in [0, 0.1) is 13.8 Å². The van der Waals surface area contributed by atoms with Gasteiger partial charge in [0, 0.05) is 13.1 Å². The van der Waals surface area contributed by atoms with E-state index in [0.29, 0.717) is 0 Å². The molecule has 1 amide bonds. The monoisotopic (exact) mass is 373 g/mol. The molecule has 0 saturated carbocycles. The minimum Gasteiger partial charge on any atom is -0.342 e. The molecule has 140 valence electrons.